The number of halogens is 1. The van der Waals surface area contributed by atoms with Gasteiger partial charge in [0.25, 0.3) is 0 Å². The van der Waals surface area contributed by atoms with Crippen LogP contribution in [0.15, 0.2) is 18.2 Å². The second kappa shape index (κ2) is 6.93. The van der Waals surface area contributed by atoms with Crippen molar-refractivity contribution >= 4 is 11.8 Å². The normalized spacial score (nSPS) is 33.6. The summed E-state index contributed by atoms with van der Waals surface area (Å²) in [4.78, 5) is 16.6. The first-order chi connectivity index (χ1) is 13.6. The number of benzene rings is 1. The van der Waals surface area contributed by atoms with E-state index in [1.807, 2.05) is 15.9 Å². The highest BCUT2D eigenvalue weighted by molar-refractivity contribution is 5.69. The fraction of sp³-hybridized carbons (Fsp3) is 0.619. The maximum Gasteiger partial charge on any atom is 0.412 e. The lowest BCUT2D eigenvalue weighted by atomic mass is 9.75. The van der Waals surface area contributed by atoms with Crippen LogP contribution in [0.3, 0.4) is 0 Å². The minimum absolute atomic E-state index is 0.139. The molecule has 6 nitrogen and oxygen atoms in total. The highest BCUT2D eigenvalue weighted by Gasteiger charge is 2.50. The third-order valence-electron chi connectivity index (χ3n) is 6.60. The highest BCUT2D eigenvalue weighted by atomic mass is 19.1. The van der Waals surface area contributed by atoms with E-state index in [0.29, 0.717) is 36.4 Å². The summed E-state index contributed by atoms with van der Waals surface area (Å²) in [7, 11) is 0. The van der Waals surface area contributed by atoms with Crippen LogP contribution in [0.4, 0.5) is 14.9 Å². The number of carbonyl (C=O) groups excluding carboxylic acids is 1. The Kier molecular flexibility index (Phi) is 4.39. The van der Waals surface area contributed by atoms with Crippen LogP contribution >= 0.6 is 0 Å². The molecule has 4 saturated heterocycles. The van der Waals surface area contributed by atoms with E-state index in [1.165, 1.54) is 6.07 Å². The van der Waals surface area contributed by atoms with E-state index in [-0.39, 0.29) is 24.5 Å². The van der Waals surface area contributed by atoms with Crippen LogP contribution in [-0.2, 0) is 9.47 Å². The number of hydrogen-bond donors (Lipinski definition) is 0. The van der Waals surface area contributed by atoms with Crippen molar-refractivity contribution in [3.8, 4) is 6.07 Å². The number of amides is 1. The molecule has 1 saturated carbocycles. The van der Waals surface area contributed by atoms with Gasteiger partial charge >= 0.3 is 6.09 Å². The molecule has 6 rings (SSSR count). The summed E-state index contributed by atoms with van der Waals surface area (Å²) in [6, 6.07) is 6.69. The Hall–Kier alpha value is -2.33. The van der Waals surface area contributed by atoms with Crippen molar-refractivity contribution < 1.29 is 18.7 Å². The Morgan fingerprint density at radius 3 is 2.93 bits per heavy atom. The molecule has 1 aromatic rings. The van der Waals surface area contributed by atoms with Crippen molar-refractivity contribution in [2.45, 2.75) is 63.0 Å². The van der Waals surface area contributed by atoms with Crippen LogP contribution in [-0.4, -0.2) is 48.6 Å². The van der Waals surface area contributed by atoms with E-state index >= 15 is 0 Å². The van der Waals surface area contributed by atoms with Crippen molar-refractivity contribution in [1.29, 1.82) is 5.26 Å². The standard InChI is InChI=1S/C21H24FN3O3/c22-18-8-13(11-23)3-4-19(18)24-5-1-2-16(12-24)28-21(26)25-15-6-14-7-17(10-15)27-20(25)9-14/h3-4,8,14-17,20H,1-2,5-7,9-10,12H2. The van der Waals surface area contributed by atoms with E-state index in [2.05, 4.69) is 0 Å². The minimum Gasteiger partial charge on any atom is -0.444 e. The van der Waals surface area contributed by atoms with Crippen LogP contribution in [0, 0.1) is 23.1 Å². The van der Waals surface area contributed by atoms with E-state index in [1.54, 1.807) is 12.1 Å². The Morgan fingerprint density at radius 2 is 2.18 bits per heavy atom. The molecule has 0 N–H and O–H groups in total. The van der Waals surface area contributed by atoms with E-state index in [0.717, 1.165) is 38.5 Å². The molecular weight excluding hydrogens is 361 g/mol. The van der Waals surface area contributed by atoms with Gasteiger partial charge in [0.15, 0.2) is 0 Å². The van der Waals surface area contributed by atoms with Gasteiger partial charge in [0.2, 0.25) is 0 Å². The SMILES string of the molecule is N#Cc1ccc(N2CCCC(OC(=O)N3C4CC5CC(C4)OC3C5)C2)c(F)c1. The van der Waals surface area contributed by atoms with Gasteiger partial charge < -0.3 is 14.4 Å². The number of nitriles is 1. The summed E-state index contributed by atoms with van der Waals surface area (Å²) in [6.45, 7) is 1.17. The van der Waals surface area contributed by atoms with Gasteiger partial charge in [0, 0.05) is 12.6 Å². The van der Waals surface area contributed by atoms with Crippen molar-refractivity contribution in [2.75, 3.05) is 18.0 Å². The van der Waals surface area contributed by atoms with E-state index < -0.39 is 5.82 Å². The van der Waals surface area contributed by atoms with Crippen LogP contribution < -0.4 is 4.90 Å². The molecule has 5 fully saturated rings. The molecule has 0 radical (unpaired) electrons. The van der Waals surface area contributed by atoms with Gasteiger partial charge in [-0.25, -0.2) is 9.18 Å². The zero-order valence-corrected chi connectivity index (χ0v) is 15.7. The lowest BCUT2D eigenvalue weighted by Crippen LogP contribution is -2.63. The average molecular weight is 385 g/mol. The molecular formula is C21H24FN3O3. The second-order valence-electron chi connectivity index (χ2n) is 8.45. The minimum atomic E-state index is -0.413. The van der Waals surface area contributed by atoms with Gasteiger partial charge in [-0.2, -0.15) is 5.26 Å². The Bertz CT molecular complexity index is 796. The molecule has 28 heavy (non-hydrogen) atoms. The molecule has 5 atom stereocenters. The van der Waals surface area contributed by atoms with Gasteiger partial charge in [-0.05, 0) is 62.6 Å². The monoisotopic (exact) mass is 385 g/mol. The largest absolute Gasteiger partial charge is 0.444 e. The molecule has 1 aromatic carbocycles. The summed E-state index contributed by atoms with van der Waals surface area (Å²) >= 11 is 0. The highest BCUT2D eigenvalue weighted by Crippen LogP contribution is 2.45. The fourth-order valence-corrected chi connectivity index (χ4v) is 5.41. The molecule has 0 aromatic heterocycles. The van der Waals surface area contributed by atoms with E-state index in [4.69, 9.17) is 14.7 Å². The molecule has 4 heterocycles. The summed E-state index contributed by atoms with van der Waals surface area (Å²) < 4.78 is 26.2. The molecule has 1 amide bonds. The molecule has 5 unspecified atom stereocenters. The van der Waals surface area contributed by atoms with Crippen molar-refractivity contribution in [3.63, 3.8) is 0 Å². The summed E-state index contributed by atoms with van der Waals surface area (Å²) in [5.41, 5.74) is 0.758. The zero-order valence-electron chi connectivity index (χ0n) is 15.7. The third-order valence-corrected chi connectivity index (χ3v) is 6.60. The zero-order chi connectivity index (χ0) is 19.3. The van der Waals surface area contributed by atoms with Crippen molar-refractivity contribution in [2.24, 2.45) is 5.92 Å². The first-order valence-electron chi connectivity index (χ1n) is 10.2. The van der Waals surface area contributed by atoms with Gasteiger partial charge in [-0.15, -0.1) is 0 Å². The molecule has 5 aliphatic rings. The summed E-state index contributed by atoms with van der Waals surface area (Å²) in [6.07, 6.45) is 5.21. The first-order valence-corrected chi connectivity index (χ1v) is 10.2. The van der Waals surface area contributed by atoms with Crippen molar-refractivity contribution in [1.82, 2.24) is 4.90 Å². The van der Waals surface area contributed by atoms with Crippen LogP contribution in [0.1, 0.15) is 44.1 Å². The first kappa shape index (κ1) is 17.7. The fourth-order valence-electron chi connectivity index (χ4n) is 5.41. The number of piperidine rings is 2. The summed E-state index contributed by atoms with van der Waals surface area (Å²) in [5, 5.41) is 8.91. The number of rotatable bonds is 2. The van der Waals surface area contributed by atoms with Gasteiger partial charge in [0.05, 0.1) is 30.0 Å². The third kappa shape index (κ3) is 3.10. The Morgan fingerprint density at radius 1 is 1.29 bits per heavy atom. The lowest BCUT2D eigenvalue weighted by molar-refractivity contribution is -0.220. The maximum atomic E-state index is 14.4. The Balaban J connectivity index is 1.25. The second-order valence-corrected chi connectivity index (χ2v) is 8.45. The molecule has 7 heteroatoms. The van der Waals surface area contributed by atoms with Gasteiger partial charge in [-0.1, -0.05) is 0 Å². The molecule has 4 aliphatic heterocycles. The van der Waals surface area contributed by atoms with Crippen molar-refractivity contribution in [3.05, 3.63) is 29.6 Å². The number of carbonyl (C=O) groups is 1. The van der Waals surface area contributed by atoms with Gasteiger partial charge in [-0.3, -0.25) is 4.90 Å². The number of anilines is 1. The van der Waals surface area contributed by atoms with Crippen LogP contribution in [0.25, 0.3) is 0 Å². The smallest absolute Gasteiger partial charge is 0.412 e. The molecule has 1 aliphatic carbocycles. The van der Waals surface area contributed by atoms with Gasteiger partial charge in [0.1, 0.15) is 18.1 Å². The summed E-state index contributed by atoms with van der Waals surface area (Å²) in [5.74, 6) is 0.264. The Labute approximate surface area is 163 Å². The number of ether oxygens (including phenoxy) is 2. The topological polar surface area (TPSA) is 65.8 Å². The number of hydrogen-bond acceptors (Lipinski definition) is 5. The van der Waals surface area contributed by atoms with E-state index in [9.17, 15) is 9.18 Å². The number of nitrogens with zero attached hydrogens (tertiary/aromatic N) is 3. The van der Waals surface area contributed by atoms with Crippen LogP contribution in [0.5, 0.6) is 0 Å². The molecule has 4 bridgehead atoms. The quantitative estimate of drug-likeness (QED) is 0.781. The maximum absolute atomic E-state index is 14.4. The molecule has 148 valence electrons. The lowest BCUT2D eigenvalue weighted by Gasteiger charge is -2.55. The predicted octanol–water partition coefficient (Wildman–Crippen LogP) is 3.40. The predicted molar refractivity (Wildman–Crippen MR) is 99.1 cm³/mol. The molecule has 0 spiro atoms. The average Bonchev–Trinajstić information content (AvgIpc) is 2.67. The van der Waals surface area contributed by atoms with Crippen LogP contribution in [0.2, 0.25) is 0 Å².